The first-order chi connectivity index (χ1) is 26.5. The number of amides is 3. The zero-order valence-corrected chi connectivity index (χ0v) is 30.1. The highest BCUT2D eigenvalue weighted by Crippen LogP contribution is 2.36. The topological polar surface area (TPSA) is 361 Å². The van der Waals surface area contributed by atoms with E-state index in [1.54, 1.807) is 0 Å². The number of carboxylic acid groups (broad SMARTS) is 3. The largest absolute Gasteiger partial charge is 0.503 e. The van der Waals surface area contributed by atoms with E-state index in [-0.39, 0.29) is 75.2 Å². The van der Waals surface area contributed by atoms with Crippen LogP contribution in [0, 0.1) is 0 Å². The molecule has 3 rings (SSSR count). The summed E-state index contributed by atoms with van der Waals surface area (Å²) in [4.78, 5) is 73.4. The van der Waals surface area contributed by atoms with Crippen molar-refractivity contribution in [2.75, 3.05) is 19.8 Å². The number of aromatic hydroxyl groups is 3. The molecule has 0 aliphatic rings. The second-order valence-corrected chi connectivity index (χ2v) is 13.0. The van der Waals surface area contributed by atoms with Crippen LogP contribution < -0.4 is 38.0 Å². The summed E-state index contributed by atoms with van der Waals surface area (Å²) < 4.78 is 3.77. The Morgan fingerprint density at radius 2 is 0.804 bits per heavy atom. The lowest BCUT2D eigenvalue weighted by atomic mass is 9.80. The minimum absolute atomic E-state index is 0.161. The van der Waals surface area contributed by atoms with E-state index in [9.17, 15) is 74.7 Å². The molecule has 0 spiro atoms. The van der Waals surface area contributed by atoms with Crippen molar-refractivity contribution in [1.29, 1.82) is 0 Å². The lowest BCUT2D eigenvalue weighted by Crippen LogP contribution is -2.44. The van der Waals surface area contributed by atoms with E-state index in [4.69, 9.17) is 5.73 Å². The van der Waals surface area contributed by atoms with Gasteiger partial charge in [0.15, 0.2) is 17.2 Å². The molecule has 14 N–H and O–H groups in total. The molecule has 0 fully saturated rings. The highest BCUT2D eigenvalue weighted by molar-refractivity contribution is 5.66. The fourth-order valence-corrected chi connectivity index (χ4v) is 6.69. The molecule has 22 heteroatoms. The molecule has 3 aromatic rings. The molecule has 0 aliphatic carbocycles. The van der Waals surface area contributed by atoms with Crippen molar-refractivity contribution in [3.05, 3.63) is 84.5 Å². The number of carbonyl (C=O) groups is 3. The molecule has 0 aromatic carbocycles. The van der Waals surface area contributed by atoms with Gasteiger partial charge in [0.2, 0.25) is 16.3 Å². The average molecular weight is 794 g/mol. The molecule has 0 saturated carbocycles. The smallest absolute Gasteiger partial charge is 0.405 e. The predicted molar refractivity (Wildman–Crippen MR) is 195 cm³/mol. The third kappa shape index (κ3) is 11.5. The molecule has 22 nitrogen and oxygen atoms in total. The van der Waals surface area contributed by atoms with Crippen molar-refractivity contribution in [2.24, 2.45) is 5.73 Å². The average Bonchev–Trinajstić information content (AvgIpc) is 3.12. The van der Waals surface area contributed by atoms with Gasteiger partial charge in [-0.25, -0.2) is 14.4 Å². The minimum Gasteiger partial charge on any atom is -0.503 e. The van der Waals surface area contributed by atoms with Crippen LogP contribution >= 0.6 is 0 Å². The maximum atomic E-state index is 12.5. The van der Waals surface area contributed by atoms with Crippen molar-refractivity contribution in [3.8, 4) is 17.2 Å². The molecule has 0 saturated heterocycles. The Bertz CT molecular complexity index is 1800. The summed E-state index contributed by atoms with van der Waals surface area (Å²) in [7, 11) is 0. The highest BCUT2D eigenvalue weighted by Gasteiger charge is 2.34. The Balaban J connectivity index is 2.16. The molecule has 3 unspecified atom stereocenters. The molecule has 3 amide bonds. The molecule has 56 heavy (non-hydrogen) atoms. The van der Waals surface area contributed by atoms with Gasteiger partial charge < -0.3 is 81.3 Å². The van der Waals surface area contributed by atoms with Gasteiger partial charge in [0, 0.05) is 62.0 Å². The maximum absolute atomic E-state index is 12.5. The third-order valence-corrected chi connectivity index (χ3v) is 9.27. The Morgan fingerprint density at radius 1 is 0.554 bits per heavy atom. The third-order valence-electron chi connectivity index (χ3n) is 9.27. The van der Waals surface area contributed by atoms with Crippen molar-refractivity contribution in [1.82, 2.24) is 29.7 Å². The van der Waals surface area contributed by atoms with E-state index in [0.717, 1.165) is 18.2 Å². The fourth-order valence-electron chi connectivity index (χ4n) is 6.69. The van der Waals surface area contributed by atoms with E-state index in [1.807, 2.05) is 0 Å². The van der Waals surface area contributed by atoms with E-state index in [2.05, 4.69) is 16.0 Å². The lowest BCUT2D eigenvalue weighted by molar-refractivity contribution is 0.182. The lowest BCUT2D eigenvalue weighted by Gasteiger charge is -2.35. The van der Waals surface area contributed by atoms with Crippen molar-refractivity contribution in [3.63, 3.8) is 0 Å². The Morgan fingerprint density at radius 3 is 1.02 bits per heavy atom. The van der Waals surface area contributed by atoms with Gasteiger partial charge in [-0.3, -0.25) is 14.4 Å². The van der Waals surface area contributed by atoms with Crippen LogP contribution in [0.25, 0.3) is 0 Å². The minimum atomic E-state index is -1.57. The van der Waals surface area contributed by atoms with Crippen molar-refractivity contribution in [2.45, 2.75) is 81.8 Å². The van der Waals surface area contributed by atoms with Crippen LogP contribution in [0.2, 0.25) is 0 Å². The van der Waals surface area contributed by atoms with Gasteiger partial charge in [0.05, 0.1) is 55.0 Å². The van der Waals surface area contributed by atoms with Crippen LogP contribution in [0.1, 0.15) is 73.7 Å². The standard InChI is InChI=1S/C34H47N7O15/c35-34(7-1-19(36-31(51)52)25-28(48)22(45)4-10-39(25)13-16-42,8-2-20(37-32(53)54)26-29(49)23(46)5-11-40(26)14-17-43)9-3-21(38-33(55)56)27-30(50)24(47)6-12-41(27)15-18-44/h4-6,10-12,19-21,36-38,42-44,48-50H,1-3,7-9,13-18,35H2,(H,51,52)(H,53,54)(H,55,56). The van der Waals surface area contributed by atoms with Crippen molar-refractivity contribution < 1.29 is 60.3 Å². The summed E-state index contributed by atoms with van der Waals surface area (Å²) in [6.07, 6.45) is -2.43. The fraction of sp³-hybridized carbons (Fsp3) is 0.471. The number of hydrogen-bond donors (Lipinski definition) is 13. The quantitative estimate of drug-likeness (QED) is 0.0654. The zero-order valence-electron chi connectivity index (χ0n) is 30.1. The summed E-state index contributed by atoms with van der Waals surface area (Å²) >= 11 is 0. The number of rotatable bonds is 21. The highest BCUT2D eigenvalue weighted by atomic mass is 16.4. The number of nitrogens with zero attached hydrogens (tertiary/aromatic N) is 3. The van der Waals surface area contributed by atoms with E-state index < -0.39 is 95.3 Å². The Hall–Kier alpha value is -6.10. The SMILES string of the molecule is NC(CCC(NC(=O)O)c1c(O)c(=O)ccn1CCO)(CCC(NC(=O)O)c1c(O)c(=O)ccn1CCO)CCC(NC(=O)O)c1c(O)c(=O)ccn1CCO. The first kappa shape index (κ1) is 44.3. The summed E-state index contributed by atoms with van der Waals surface area (Å²) in [5, 5.41) is 97.1. The van der Waals surface area contributed by atoms with Crippen LogP contribution in [-0.2, 0) is 19.6 Å². The van der Waals surface area contributed by atoms with Gasteiger partial charge in [-0.05, 0) is 38.5 Å². The molecule has 0 aliphatic heterocycles. The molecule has 308 valence electrons. The number of aliphatic hydroxyl groups is 3. The van der Waals surface area contributed by atoms with Crippen LogP contribution in [-0.4, -0.2) is 103 Å². The van der Waals surface area contributed by atoms with Gasteiger partial charge in [0.25, 0.3) is 0 Å². The summed E-state index contributed by atoms with van der Waals surface area (Å²) in [6, 6.07) is -1.02. The van der Waals surface area contributed by atoms with Crippen LogP contribution in [0.15, 0.2) is 51.2 Å². The first-order valence-electron chi connectivity index (χ1n) is 17.3. The normalized spacial score (nSPS) is 13.9. The number of hydrogen-bond acceptors (Lipinski definition) is 13. The van der Waals surface area contributed by atoms with Gasteiger partial charge in [-0.1, -0.05) is 0 Å². The molecule has 0 radical (unpaired) electrons. The van der Waals surface area contributed by atoms with Crippen molar-refractivity contribution >= 4 is 18.3 Å². The molecule has 3 aromatic heterocycles. The van der Waals surface area contributed by atoms with Crippen LogP contribution in [0.4, 0.5) is 14.4 Å². The summed E-state index contributed by atoms with van der Waals surface area (Å²) in [6.45, 7) is -1.88. The van der Waals surface area contributed by atoms with Crippen LogP contribution in [0.5, 0.6) is 17.2 Å². The van der Waals surface area contributed by atoms with Gasteiger partial charge in [-0.15, -0.1) is 0 Å². The Labute approximate surface area is 317 Å². The second kappa shape index (κ2) is 20.0. The molecule has 3 heterocycles. The number of nitrogens with one attached hydrogen (secondary N) is 3. The van der Waals surface area contributed by atoms with Gasteiger partial charge in [0.1, 0.15) is 0 Å². The van der Waals surface area contributed by atoms with E-state index in [0.29, 0.717) is 0 Å². The van der Waals surface area contributed by atoms with E-state index in [1.165, 1.54) is 32.3 Å². The molecular weight excluding hydrogens is 746 g/mol. The Kier molecular flexibility index (Phi) is 15.8. The zero-order chi connectivity index (χ0) is 41.7. The number of aromatic nitrogens is 3. The maximum Gasteiger partial charge on any atom is 0.405 e. The van der Waals surface area contributed by atoms with E-state index >= 15 is 0 Å². The second-order valence-electron chi connectivity index (χ2n) is 13.0. The summed E-state index contributed by atoms with van der Waals surface area (Å²) in [5.41, 5.74) is 2.25. The summed E-state index contributed by atoms with van der Waals surface area (Å²) in [5.74, 6) is -2.45. The predicted octanol–water partition coefficient (Wildman–Crippen LogP) is -0.370. The molecule has 3 atom stereocenters. The first-order valence-corrected chi connectivity index (χ1v) is 17.3. The monoisotopic (exact) mass is 793 g/mol. The number of pyridine rings is 3. The molecular formula is C34H47N7O15. The molecule has 0 bridgehead atoms. The van der Waals surface area contributed by atoms with Crippen LogP contribution in [0.3, 0.4) is 0 Å². The van der Waals surface area contributed by atoms with Gasteiger partial charge in [-0.2, -0.15) is 0 Å². The van der Waals surface area contributed by atoms with Gasteiger partial charge >= 0.3 is 18.3 Å². The number of aliphatic hydroxyl groups excluding tert-OH is 3. The number of nitrogens with two attached hydrogens (primary N) is 1.